The van der Waals surface area contributed by atoms with E-state index in [1.807, 2.05) is 0 Å². The highest BCUT2D eigenvalue weighted by atomic mass is 16.3. The fourth-order valence-corrected chi connectivity index (χ4v) is 2.43. The van der Waals surface area contributed by atoms with E-state index in [1.54, 1.807) is 10.6 Å². The molecule has 0 spiro atoms. The van der Waals surface area contributed by atoms with Crippen LogP contribution in [0.4, 0.5) is 0 Å². The molecule has 7 nitrogen and oxygen atoms in total. The van der Waals surface area contributed by atoms with Crippen LogP contribution < -0.4 is 5.73 Å². The number of hydrogen-bond acceptors (Lipinski definition) is 5. The van der Waals surface area contributed by atoms with Gasteiger partial charge < -0.3 is 20.5 Å². The second-order valence-electron chi connectivity index (χ2n) is 4.47. The first-order valence-corrected chi connectivity index (χ1v) is 5.86. The first-order valence-electron chi connectivity index (χ1n) is 5.86. The van der Waals surface area contributed by atoms with Crippen molar-refractivity contribution in [2.45, 2.75) is 19.4 Å². The van der Waals surface area contributed by atoms with Crippen molar-refractivity contribution in [3.05, 3.63) is 23.5 Å². The maximum absolute atomic E-state index is 11.3. The van der Waals surface area contributed by atoms with E-state index in [0.717, 1.165) is 12.0 Å². The molecule has 98 valence electrons. The van der Waals surface area contributed by atoms with E-state index in [2.05, 4.69) is 10.2 Å². The van der Waals surface area contributed by atoms with Gasteiger partial charge in [-0.25, -0.2) is 0 Å². The van der Waals surface area contributed by atoms with Gasteiger partial charge in [0.1, 0.15) is 11.5 Å². The minimum Gasteiger partial charge on any atom is -0.508 e. The third-order valence-corrected chi connectivity index (χ3v) is 3.21. The molecular weight excluding hydrogens is 248 g/mol. The number of nitrogens with zero attached hydrogens (tertiary/aromatic N) is 3. The maximum Gasteiger partial charge on any atom is 0.286 e. The summed E-state index contributed by atoms with van der Waals surface area (Å²) < 4.78 is 1.60. The molecule has 2 heterocycles. The Balaban J connectivity index is 2.28. The lowest BCUT2D eigenvalue weighted by Crippen LogP contribution is -2.18. The molecule has 1 aromatic heterocycles. The van der Waals surface area contributed by atoms with E-state index in [1.165, 1.54) is 6.07 Å². The van der Waals surface area contributed by atoms with Crippen LogP contribution in [0.2, 0.25) is 0 Å². The number of phenolic OH excluding ortho intramolecular Hbond substituents is 2. The zero-order valence-corrected chi connectivity index (χ0v) is 10.00. The molecular formula is C12H12N4O3. The van der Waals surface area contributed by atoms with Crippen molar-refractivity contribution in [3.8, 4) is 22.9 Å². The molecule has 0 unspecified atom stereocenters. The summed E-state index contributed by atoms with van der Waals surface area (Å²) in [7, 11) is 0. The Morgan fingerprint density at radius 3 is 2.84 bits per heavy atom. The van der Waals surface area contributed by atoms with Gasteiger partial charge in [0.2, 0.25) is 5.82 Å². The van der Waals surface area contributed by atoms with Crippen LogP contribution in [0.1, 0.15) is 22.6 Å². The molecule has 0 bridgehead atoms. The second kappa shape index (κ2) is 3.98. The monoisotopic (exact) mass is 260 g/mol. The summed E-state index contributed by atoms with van der Waals surface area (Å²) in [5.74, 6) is -0.254. The van der Waals surface area contributed by atoms with E-state index in [4.69, 9.17) is 5.73 Å². The minimum atomic E-state index is -0.652. The smallest absolute Gasteiger partial charge is 0.286 e. The highest BCUT2D eigenvalue weighted by Gasteiger charge is 2.25. The van der Waals surface area contributed by atoms with Crippen molar-refractivity contribution >= 4 is 5.91 Å². The van der Waals surface area contributed by atoms with E-state index in [0.29, 0.717) is 24.4 Å². The molecule has 4 N–H and O–H groups in total. The summed E-state index contributed by atoms with van der Waals surface area (Å²) >= 11 is 0. The predicted octanol–water partition coefficient (Wildman–Crippen LogP) is 0.401. The van der Waals surface area contributed by atoms with Crippen molar-refractivity contribution in [1.82, 2.24) is 14.8 Å². The Hall–Kier alpha value is -2.57. The lowest BCUT2D eigenvalue weighted by Gasteiger charge is -2.08. The molecule has 3 rings (SSSR count). The van der Waals surface area contributed by atoms with Gasteiger partial charge in [-0.05, 0) is 24.5 Å². The number of carbonyl (C=O) groups excluding carboxylic acids is 1. The minimum absolute atomic E-state index is 0.000611. The number of primary amides is 1. The van der Waals surface area contributed by atoms with Gasteiger partial charge in [-0.2, -0.15) is 0 Å². The second-order valence-corrected chi connectivity index (χ2v) is 4.47. The van der Waals surface area contributed by atoms with Gasteiger partial charge in [-0.1, -0.05) is 0 Å². The van der Waals surface area contributed by atoms with Crippen LogP contribution in [0.25, 0.3) is 11.4 Å². The molecule has 1 aliphatic rings. The Morgan fingerprint density at radius 2 is 2.11 bits per heavy atom. The summed E-state index contributed by atoms with van der Waals surface area (Å²) in [6.45, 7) is 0.537. The van der Waals surface area contributed by atoms with Crippen molar-refractivity contribution in [2.75, 3.05) is 0 Å². The van der Waals surface area contributed by atoms with E-state index in [9.17, 15) is 15.0 Å². The molecule has 0 fully saturated rings. The quantitative estimate of drug-likeness (QED) is 0.686. The Bertz CT molecular complexity index is 678. The summed E-state index contributed by atoms with van der Waals surface area (Å²) in [6, 6.07) is 2.83. The first kappa shape index (κ1) is 11.5. The number of hydrogen-bond donors (Lipinski definition) is 3. The first-order chi connectivity index (χ1) is 9.08. The maximum atomic E-state index is 11.3. The number of carbonyl (C=O) groups is 1. The Kier molecular flexibility index (Phi) is 2.41. The summed E-state index contributed by atoms with van der Waals surface area (Å²) in [6.07, 6.45) is 1.40. The molecule has 2 aromatic rings. The molecule has 7 heteroatoms. The molecule has 0 saturated heterocycles. The summed E-state index contributed by atoms with van der Waals surface area (Å²) in [5.41, 5.74) is 6.52. The van der Waals surface area contributed by atoms with Crippen LogP contribution in [-0.4, -0.2) is 30.9 Å². The van der Waals surface area contributed by atoms with Gasteiger partial charge in [0.05, 0.1) is 5.56 Å². The molecule has 0 aliphatic carbocycles. The predicted molar refractivity (Wildman–Crippen MR) is 65.6 cm³/mol. The normalized spacial score (nSPS) is 13.5. The third kappa shape index (κ3) is 1.70. The van der Waals surface area contributed by atoms with Crippen LogP contribution >= 0.6 is 0 Å². The standard InChI is InChI=1S/C12H12N4O3/c13-10(19)12-15-14-11-9-6(2-1-3-16(11)12)4-7(17)5-8(9)18/h4-5,17-18H,1-3H2,(H2,13,19). The van der Waals surface area contributed by atoms with Gasteiger partial charge >= 0.3 is 0 Å². The highest BCUT2D eigenvalue weighted by Crippen LogP contribution is 2.37. The van der Waals surface area contributed by atoms with Gasteiger partial charge in [-0.3, -0.25) is 4.79 Å². The van der Waals surface area contributed by atoms with Crippen molar-refractivity contribution < 1.29 is 15.0 Å². The van der Waals surface area contributed by atoms with Gasteiger partial charge in [-0.15, -0.1) is 10.2 Å². The number of rotatable bonds is 1. The van der Waals surface area contributed by atoms with Gasteiger partial charge in [0, 0.05) is 12.6 Å². The number of benzene rings is 1. The van der Waals surface area contributed by atoms with Gasteiger partial charge in [0.15, 0.2) is 5.82 Å². The number of phenols is 2. The fraction of sp³-hybridized carbons (Fsp3) is 0.250. The van der Waals surface area contributed by atoms with E-state index in [-0.39, 0.29) is 17.3 Å². The number of aryl methyl sites for hydroxylation is 1. The number of aromatic nitrogens is 3. The van der Waals surface area contributed by atoms with Crippen LogP contribution in [0, 0.1) is 0 Å². The average molecular weight is 260 g/mol. The lowest BCUT2D eigenvalue weighted by atomic mass is 10.0. The zero-order valence-electron chi connectivity index (χ0n) is 10.00. The zero-order chi connectivity index (χ0) is 13.6. The molecule has 1 aliphatic heterocycles. The highest BCUT2D eigenvalue weighted by molar-refractivity contribution is 5.90. The molecule has 19 heavy (non-hydrogen) atoms. The van der Waals surface area contributed by atoms with E-state index >= 15 is 0 Å². The molecule has 0 atom stereocenters. The number of nitrogens with two attached hydrogens (primary N) is 1. The average Bonchev–Trinajstić information content (AvgIpc) is 2.64. The molecule has 0 saturated carbocycles. The largest absolute Gasteiger partial charge is 0.508 e. The topological polar surface area (TPSA) is 114 Å². The third-order valence-electron chi connectivity index (χ3n) is 3.21. The number of amides is 1. The van der Waals surface area contributed by atoms with Crippen molar-refractivity contribution in [3.63, 3.8) is 0 Å². The number of fused-ring (bicyclic) bond motifs is 3. The van der Waals surface area contributed by atoms with Crippen LogP contribution in [0.3, 0.4) is 0 Å². The summed E-state index contributed by atoms with van der Waals surface area (Å²) in [5, 5.41) is 27.2. The lowest BCUT2D eigenvalue weighted by molar-refractivity contribution is 0.0986. The summed E-state index contributed by atoms with van der Waals surface area (Å²) in [4.78, 5) is 11.3. The van der Waals surface area contributed by atoms with Crippen molar-refractivity contribution in [2.24, 2.45) is 5.73 Å². The SMILES string of the molecule is NC(=O)c1nnc2n1CCCc1cc(O)cc(O)c1-2. The fourth-order valence-electron chi connectivity index (χ4n) is 2.43. The van der Waals surface area contributed by atoms with E-state index < -0.39 is 5.91 Å². The van der Waals surface area contributed by atoms with Crippen LogP contribution in [0.15, 0.2) is 12.1 Å². The molecule has 1 amide bonds. The van der Waals surface area contributed by atoms with Gasteiger partial charge in [0.25, 0.3) is 5.91 Å². The Morgan fingerprint density at radius 1 is 1.32 bits per heavy atom. The molecule has 1 aromatic carbocycles. The van der Waals surface area contributed by atoms with Crippen molar-refractivity contribution in [1.29, 1.82) is 0 Å². The number of aromatic hydroxyl groups is 2. The Labute approximate surface area is 108 Å². The molecule has 0 radical (unpaired) electrons. The van der Waals surface area contributed by atoms with Crippen LogP contribution in [0.5, 0.6) is 11.5 Å². The van der Waals surface area contributed by atoms with Crippen LogP contribution in [-0.2, 0) is 13.0 Å².